The van der Waals surface area contributed by atoms with Gasteiger partial charge in [0.15, 0.2) is 6.10 Å². The van der Waals surface area contributed by atoms with Crippen LogP contribution in [0.2, 0.25) is 5.02 Å². The maximum atomic E-state index is 13.0. The highest BCUT2D eigenvalue weighted by Gasteiger charge is 2.51. The monoisotopic (exact) mass is 354 g/mol. The predicted molar refractivity (Wildman–Crippen MR) is 94.8 cm³/mol. The van der Waals surface area contributed by atoms with Crippen LogP contribution in [0, 0.1) is 13.8 Å². The number of rotatable bonds is 2. The fourth-order valence-corrected chi connectivity index (χ4v) is 3.39. The summed E-state index contributed by atoms with van der Waals surface area (Å²) in [5.74, 6) is -0.785. The average molecular weight is 355 g/mol. The molecule has 0 unspecified atom stereocenters. The predicted octanol–water partition coefficient (Wildman–Crippen LogP) is 3.14. The van der Waals surface area contributed by atoms with Crippen LogP contribution in [-0.4, -0.2) is 17.9 Å². The van der Waals surface area contributed by atoms with E-state index < -0.39 is 12.0 Å². The number of anilines is 1. The molecule has 0 saturated carbocycles. The quantitative estimate of drug-likeness (QED) is 0.842. The highest BCUT2D eigenvalue weighted by molar-refractivity contribution is 6.35. The Bertz CT molecular complexity index is 951. The Balaban J connectivity index is 1.86. The molecule has 1 N–H and O–H groups in total. The highest BCUT2D eigenvalue weighted by Crippen LogP contribution is 2.38. The fourth-order valence-electron chi connectivity index (χ4n) is 3.16. The SMILES string of the molecule is Cc1cccc(N2C(=O)C3=C(c4ccccc4Cl)NO[C@H]3C2=O)c1C. The van der Waals surface area contributed by atoms with Crippen LogP contribution in [0.25, 0.3) is 5.70 Å². The summed E-state index contributed by atoms with van der Waals surface area (Å²) < 4.78 is 0. The number of fused-ring (bicyclic) bond motifs is 1. The van der Waals surface area contributed by atoms with Gasteiger partial charge in [0.2, 0.25) is 0 Å². The summed E-state index contributed by atoms with van der Waals surface area (Å²) in [6.07, 6.45) is -0.960. The highest BCUT2D eigenvalue weighted by atomic mass is 35.5. The van der Waals surface area contributed by atoms with Crippen LogP contribution in [0.5, 0.6) is 0 Å². The van der Waals surface area contributed by atoms with E-state index in [-0.39, 0.29) is 5.91 Å². The molecule has 126 valence electrons. The van der Waals surface area contributed by atoms with E-state index in [1.807, 2.05) is 32.0 Å². The molecule has 2 amide bonds. The normalized spacial score (nSPS) is 19.5. The molecule has 4 rings (SSSR count). The maximum Gasteiger partial charge on any atom is 0.270 e. The number of amides is 2. The molecule has 2 aliphatic rings. The molecule has 0 bridgehead atoms. The van der Waals surface area contributed by atoms with Gasteiger partial charge >= 0.3 is 0 Å². The standard InChI is InChI=1S/C19H15ClN2O3/c1-10-6-5-9-14(11(10)2)22-18(23)15-16(21-25-17(15)19(22)24)12-7-3-4-8-13(12)20/h3-9,17,21H,1-2H3/t17-/m1/s1. The number of benzene rings is 2. The summed E-state index contributed by atoms with van der Waals surface area (Å²) in [5.41, 5.74) is 6.55. The van der Waals surface area contributed by atoms with Crippen LogP contribution in [-0.2, 0) is 14.4 Å². The third-order valence-corrected chi connectivity index (χ3v) is 4.98. The van der Waals surface area contributed by atoms with E-state index in [0.29, 0.717) is 27.5 Å². The first-order chi connectivity index (χ1) is 12.0. The summed E-state index contributed by atoms with van der Waals surface area (Å²) >= 11 is 6.24. The van der Waals surface area contributed by atoms with Gasteiger partial charge in [0.05, 0.1) is 17.0 Å². The van der Waals surface area contributed by atoms with E-state index in [1.54, 1.807) is 24.3 Å². The Morgan fingerprint density at radius 2 is 1.84 bits per heavy atom. The molecule has 0 radical (unpaired) electrons. The van der Waals surface area contributed by atoms with Crippen molar-refractivity contribution in [1.29, 1.82) is 0 Å². The minimum Gasteiger partial charge on any atom is -0.270 e. The average Bonchev–Trinajstić information content (AvgIpc) is 3.12. The van der Waals surface area contributed by atoms with Gasteiger partial charge in [-0.25, -0.2) is 4.90 Å². The molecule has 1 atom stereocenters. The first-order valence-corrected chi connectivity index (χ1v) is 8.23. The first kappa shape index (κ1) is 15.9. The van der Waals surface area contributed by atoms with Crippen LogP contribution < -0.4 is 10.4 Å². The van der Waals surface area contributed by atoms with E-state index in [4.69, 9.17) is 16.4 Å². The zero-order valence-electron chi connectivity index (χ0n) is 13.7. The van der Waals surface area contributed by atoms with E-state index in [0.717, 1.165) is 11.1 Å². The summed E-state index contributed by atoms with van der Waals surface area (Å²) in [4.78, 5) is 32.4. The summed E-state index contributed by atoms with van der Waals surface area (Å²) in [5, 5.41) is 0.479. The number of hydroxylamine groups is 1. The van der Waals surface area contributed by atoms with Gasteiger partial charge in [0.1, 0.15) is 0 Å². The second-order valence-electron chi connectivity index (χ2n) is 6.07. The number of nitrogens with one attached hydrogen (secondary N) is 1. The van der Waals surface area contributed by atoms with E-state index in [2.05, 4.69) is 5.48 Å². The number of nitrogens with zero attached hydrogens (tertiary/aromatic N) is 1. The number of halogens is 1. The van der Waals surface area contributed by atoms with Crippen molar-refractivity contribution >= 4 is 34.8 Å². The molecule has 6 heteroatoms. The number of carbonyl (C=O) groups excluding carboxylic acids is 2. The number of aryl methyl sites for hydroxylation is 1. The van der Waals surface area contributed by atoms with Crippen molar-refractivity contribution in [2.45, 2.75) is 20.0 Å². The van der Waals surface area contributed by atoms with Crippen molar-refractivity contribution < 1.29 is 14.4 Å². The van der Waals surface area contributed by atoms with Crippen molar-refractivity contribution in [3.63, 3.8) is 0 Å². The lowest BCUT2D eigenvalue weighted by Gasteiger charge is -2.19. The largest absolute Gasteiger partial charge is 0.270 e. The van der Waals surface area contributed by atoms with Gasteiger partial charge < -0.3 is 0 Å². The second-order valence-corrected chi connectivity index (χ2v) is 6.47. The first-order valence-electron chi connectivity index (χ1n) is 7.86. The maximum absolute atomic E-state index is 13.0. The Labute approximate surface area is 149 Å². The van der Waals surface area contributed by atoms with Crippen LogP contribution >= 0.6 is 11.6 Å². The number of imide groups is 1. The third kappa shape index (κ3) is 2.27. The number of hydrogen-bond acceptors (Lipinski definition) is 4. The molecule has 2 aromatic carbocycles. The van der Waals surface area contributed by atoms with Gasteiger partial charge in [0.25, 0.3) is 11.8 Å². The topological polar surface area (TPSA) is 58.6 Å². The van der Waals surface area contributed by atoms with Gasteiger partial charge in [-0.05, 0) is 37.1 Å². The van der Waals surface area contributed by atoms with Crippen molar-refractivity contribution in [1.82, 2.24) is 5.48 Å². The Kier molecular flexibility index (Phi) is 3.63. The van der Waals surface area contributed by atoms with Crippen LogP contribution in [0.3, 0.4) is 0 Å². The lowest BCUT2D eigenvalue weighted by atomic mass is 10.0. The Morgan fingerprint density at radius 1 is 1.08 bits per heavy atom. The number of hydrogen-bond donors (Lipinski definition) is 1. The van der Waals surface area contributed by atoms with Crippen molar-refractivity contribution in [2.75, 3.05) is 4.90 Å². The smallest absolute Gasteiger partial charge is 0.270 e. The molecule has 1 saturated heterocycles. The van der Waals surface area contributed by atoms with Crippen molar-refractivity contribution in [2.24, 2.45) is 0 Å². The molecule has 2 aromatic rings. The van der Waals surface area contributed by atoms with Crippen LogP contribution in [0.4, 0.5) is 5.69 Å². The molecule has 0 aromatic heterocycles. The molecule has 0 spiro atoms. The zero-order valence-corrected chi connectivity index (χ0v) is 14.4. The molecule has 0 aliphatic carbocycles. The summed E-state index contributed by atoms with van der Waals surface area (Å²) in [7, 11) is 0. The van der Waals surface area contributed by atoms with Gasteiger partial charge in [-0.1, -0.05) is 41.9 Å². The fraction of sp³-hybridized carbons (Fsp3) is 0.158. The molecular weight excluding hydrogens is 340 g/mol. The van der Waals surface area contributed by atoms with Gasteiger partial charge in [-0.2, -0.15) is 0 Å². The zero-order chi connectivity index (χ0) is 17.7. The van der Waals surface area contributed by atoms with E-state index in [1.165, 1.54) is 4.90 Å². The molecule has 25 heavy (non-hydrogen) atoms. The van der Waals surface area contributed by atoms with Gasteiger partial charge in [0, 0.05) is 10.6 Å². The molecule has 2 aliphatic heterocycles. The lowest BCUT2D eigenvalue weighted by molar-refractivity contribution is -0.127. The molecule has 5 nitrogen and oxygen atoms in total. The van der Waals surface area contributed by atoms with E-state index in [9.17, 15) is 9.59 Å². The van der Waals surface area contributed by atoms with Gasteiger partial charge in [-0.15, -0.1) is 0 Å². The van der Waals surface area contributed by atoms with Gasteiger partial charge in [-0.3, -0.25) is 19.9 Å². The third-order valence-electron chi connectivity index (χ3n) is 4.65. The molecule has 2 heterocycles. The van der Waals surface area contributed by atoms with Crippen LogP contribution in [0.15, 0.2) is 48.0 Å². The number of carbonyl (C=O) groups is 2. The minimum atomic E-state index is -0.960. The van der Waals surface area contributed by atoms with Crippen LogP contribution in [0.1, 0.15) is 16.7 Å². The molecule has 1 fully saturated rings. The minimum absolute atomic E-state index is 0.291. The molecular formula is C19H15ClN2O3. The lowest BCUT2D eigenvalue weighted by Crippen LogP contribution is -2.35. The Hall–Kier alpha value is -2.63. The summed E-state index contributed by atoms with van der Waals surface area (Å²) in [6, 6.07) is 12.7. The second kappa shape index (κ2) is 5.72. The van der Waals surface area contributed by atoms with Crippen molar-refractivity contribution in [3.8, 4) is 0 Å². The summed E-state index contributed by atoms with van der Waals surface area (Å²) in [6.45, 7) is 3.83. The Morgan fingerprint density at radius 3 is 2.60 bits per heavy atom. The van der Waals surface area contributed by atoms with Crippen molar-refractivity contribution in [3.05, 3.63) is 69.8 Å². The van der Waals surface area contributed by atoms with E-state index >= 15 is 0 Å².